The fourth-order valence-electron chi connectivity index (χ4n) is 3.03. The second-order valence-corrected chi connectivity index (χ2v) is 5.06. The van der Waals surface area contributed by atoms with Crippen LogP contribution in [0.1, 0.15) is 51.4 Å². The molecule has 88 valence electrons. The van der Waals surface area contributed by atoms with E-state index in [-0.39, 0.29) is 0 Å². The van der Waals surface area contributed by atoms with Crippen LogP contribution in [0.2, 0.25) is 0 Å². The largest absolute Gasteiger partial charge is 0.377 e. The van der Waals surface area contributed by atoms with Crippen LogP contribution in [0.4, 0.5) is 0 Å². The van der Waals surface area contributed by atoms with Crippen molar-refractivity contribution in [2.45, 2.75) is 63.5 Å². The third kappa shape index (κ3) is 3.16. The van der Waals surface area contributed by atoms with Crippen molar-refractivity contribution in [2.75, 3.05) is 6.61 Å². The third-order valence-electron chi connectivity index (χ3n) is 3.94. The fraction of sp³-hybridized carbons (Fsp3) is 1.00. The van der Waals surface area contributed by atoms with Crippen LogP contribution in [-0.4, -0.2) is 18.8 Å². The smallest absolute Gasteiger partial charge is 0.0742 e. The zero-order chi connectivity index (χ0) is 10.5. The van der Waals surface area contributed by atoms with Crippen LogP contribution >= 0.6 is 0 Å². The molecule has 2 atom stereocenters. The van der Waals surface area contributed by atoms with E-state index in [9.17, 15) is 0 Å². The Morgan fingerprint density at radius 3 is 2.53 bits per heavy atom. The molecule has 0 bridgehead atoms. The number of ether oxygens (including phenoxy) is 1. The minimum absolute atomic E-state index is 0.372. The van der Waals surface area contributed by atoms with Crippen molar-refractivity contribution in [1.29, 1.82) is 0 Å². The van der Waals surface area contributed by atoms with Gasteiger partial charge in [-0.05, 0) is 25.2 Å². The molecule has 0 amide bonds. The summed E-state index contributed by atoms with van der Waals surface area (Å²) < 4.78 is 5.71. The summed E-state index contributed by atoms with van der Waals surface area (Å²) in [7, 11) is 0. The molecule has 3 nitrogen and oxygen atoms in total. The summed E-state index contributed by atoms with van der Waals surface area (Å²) in [6.45, 7) is 0.924. The normalized spacial score (nSPS) is 30.6. The molecule has 2 unspecified atom stereocenters. The van der Waals surface area contributed by atoms with Crippen LogP contribution in [0.5, 0.6) is 0 Å². The van der Waals surface area contributed by atoms with Crippen molar-refractivity contribution in [2.24, 2.45) is 11.8 Å². The molecule has 1 aliphatic carbocycles. The van der Waals surface area contributed by atoms with Crippen LogP contribution in [0.3, 0.4) is 0 Å². The van der Waals surface area contributed by atoms with Crippen LogP contribution in [0, 0.1) is 5.92 Å². The average molecular weight is 212 g/mol. The van der Waals surface area contributed by atoms with Gasteiger partial charge < -0.3 is 4.74 Å². The first-order valence-corrected chi connectivity index (χ1v) is 6.48. The highest BCUT2D eigenvalue weighted by molar-refractivity contribution is 4.82. The third-order valence-corrected chi connectivity index (χ3v) is 3.94. The molecule has 2 rings (SSSR count). The zero-order valence-electron chi connectivity index (χ0n) is 9.58. The number of rotatable bonds is 4. The van der Waals surface area contributed by atoms with E-state index in [4.69, 9.17) is 10.6 Å². The van der Waals surface area contributed by atoms with Gasteiger partial charge in [-0.3, -0.25) is 11.3 Å². The quantitative estimate of drug-likeness (QED) is 0.553. The summed E-state index contributed by atoms with van der Waals surface area (Å²) in [5, 5.41) is 0. The minimum Gasteiger partial charge on any atom is -0.377 e. The van der Waals surface area contributed by atoms with Gasteiger partial charge in [0.15, 0.2) is 0 Å². The molecule has 3 heteroatoms. The Kier molecular flexibility index (Phi) is 4.42. The Morgan fingerprint density at radius 2 is 1.93 bits per heavy atom. The van der Waals surface area contributed by atoms with E-state index in [1.807, 2.05) is 0 Å². The lowest BCUT2D eigenvalue weighted by Gasteiger charge is -2.29. The number of hydrazine groups is 1. The van der Waals surface area contributed by atoms with Gasteiger partial charge in [0, 0.05) is 12.6 Å². The summed E-state index contributed by atoms with van der Waals surface area (Å²) in [5.41, 5.74) is 2.97. The molecule has 0 aromatic rings. The summed E-state index contributed by atoms with van der Waals surface area (Å²) >= 11 is 0. The standard InChI is InChI=1S/C12H24N2O/c13-14-11(12-7-4-8-15-12)9-10-5-2-1-3-6-10/h10-12,14H,1-9,13H2. The van der Waals surface area contributed by atoms with Crippen molar-refractivity contribution < 1.29 is 4.74 Å². The van der Waals surface area contributed by atoms with Gasteiger partial charge >= 0.3 is 0 Å². The fourth-order valence-corrected chi connectivity index (χ4v) is 3.03. The predicted octanol–water partition coefficient (Wildman–Crippen LogP) is 1.97. The lowest BCUT2D eigenvalue weighted by Crippen LogP contribution is -2.45. The molecule has 2 aliphatic rings. The highest BCUT2D eigenvalue weighted by Crippen LogP contribution is 2.29. The van der Waals surface area contributed by atoms with Crippen molar-refractivity contribution in [3.05, 3.63) is 0 Å². The van der Waals surface area contributed by atoms with Gasteiger partial charge in [-0.15, -0.1) is 0 Å². The molecule has 3 N–H and O–H groups in total. The predicted molar refractivity (Wildman–Crippen MR) is 61.3 cm³/mol. The summed E-state index contributed by atoms with van der Waals surface area (Å²) in [6.07, 6.45) is 11.0. The molecule has 0 spiro atoms. The molecule has 1 heterocycles. The van der Waals surface area contributed by atoms with Crippen molar-refractivity contribution >= 4 is 0 Å². The molecule has 0 aromatic heterocycles. The number of nitrogens with two attached hydrogens (primary N) is 1. The Bertz CT molecular complexity index is 174. The molecular formula is C12H24N2O. The zero-order valence-corrected chi connectivity index (χ0v) is 9.58. The SMILES string of the molecule is NNC(CC1CCCCC1)C1CCCO1. The van der Waals surface area contributed by atoms with Gasteiger partial charge in [0.05, 0.1) is 6.10 Å². The molecule has 1 saturated heterocycles. The van der Waals surface area contributed by atoms with Crippen LogP contribution in [-0.2, 0) is 4.74 Å². The number of hydrogen-bond donors (Lipinski definition) is 2. The number of nitrogens with one attached hydrogen (secondary N) is 1. The Balaban J connectivity index is 1.78. The van der Waals surface area contributed by atoms with Gasteiger partial charge in [0.2, 0.25) is 0 Å². The summed E-state index contributed by atoms with van der Waals surface area (Å²) in [4.78, 5) is 0. The van der Waals surface area contributed by atoms with Gasteiger partial charge in [0.25, 0.3) is 0 Å². The van der Waals surface area contributed by atoms with E-state index in [2.05, 4.69) is 5.43 Å². The maximum absolute atomic E-state index is 5.71. The number of hydrogen-bond acceptors (Lipinski definition) is 3. The van der Waals surface area contributed by atoms with Crippen LogP contribution in [0.25, 0.3) is 0 Å². The topological polar surface area (TPSA) is 47.3 Å². The molecular weight excluding hydrogens is 188 g/mol. The van der Waals surface area contributed by atoms with Gasteiger partial charge in [-0.25, -0.2) is 0 Å². The van der Waals surface area contributed by atoms with Crippen LogP contribution < -0.4 is 11.3 Å². The first kappa shape index (κ1) is 11.4. The van der Waals surface area contributed by atoms with E-state index in [1.54, 1.807) is 0 Å². The summed E-state index contributed by atoms with van der Waals surface area (Å²) in [6, 6.07) is 0.385. The lowest BCUT2D eigenvalue weighted by molar-refractivity contribution is 0.0671. The molecule has 1 saturated carbocycles. The Morgan fingerprint density at radius 1 is 1.13 bits per heavy atom. The van der Waals surface area contributed by atoms with E-state index in [0.717, 1.165) is 12.5 Å². The molecule has 2 fully saturated rings. The van der Waals surface area contributed by atoms with Crippen LogP contribution in [0.15, 0.2) is 0 Å². The Labute approximate surface area is 92.7 Å². The summed E-state index contributed by atoms with van der Waals surface area (Å²) in [5.74, 6) is 6.52. The monoisotopic (exact) mass is 212 g/mol. The van der Waals surface area contributed by atoms with Gasteiger partial charge in [-0.1, -0.05) is 32.1 Å². The molecule has 0 radical (unpaired) electrons. The molecule has 1 aliphatic heterocycles. The van der Waals surface area contributed by atoms with E-state index < -0.39 is 0 Å². The maximum atomic E-state index is 5.71. The van der Waals surface area contributed by atoms with E-state index >= 15 is 0 Å². The maximum Gasteiger partial charge on any atom is 0.0742 e. The lowest BCUT2D eigenvalue weighted by atomic mass is 9.83. The van der Waals surface area contributed by atoms with Crippen molar-refractivity contribution in [1.82, 2.24) is 5.43 Å². The van der Waals surface area contributed by atoms with Crippen molar-refractivity contribution in [3.8, 4) is 0 Å². The minimum atomic E-state index is 0.372. The second-order valence-electron chi connectivity index (χ2n) is 5.06. The molecule has 0 aromatic carbocycles. The highest BCUT2D eigenvalue weighted by atomic mass is 16.5. The first-order valence-electron chi connectivity index (χ1n) is 6.48. The second kappa shape index (κ2) is 5.83. The van der Waals surface area contributed by atoms with E-state index in [0.29, 0.717) is 12.1 Å². The van der Waals surface area contributed by atoms with Crippen molar-refractivity contribution in [3.63, 3.8) is 0 Å². The van der Waals surface area contributed by atoms with Gasteiger partial charge in [-0.2, -0.15) is 0 Å². The highest BCUT2D eigenvalue weighted by Gasteiger charge is 2.27. The Hall–Kier alpha value is -0.120. The molecule has 15 heavy (non-hydrogen) atoms. The first-order chi connectivity index (χ1) is 7.40. The average Bonchev–Trinajstić information content (AvgIpc) is 2.81. The van der Waals surface area contributed by atoms with E-state index in [1.165, 1.54) is 51.4 Å². The van der Waals surface area contributed by atoms with Gasteiger partial charge in [0.1, 0.15) is 0 Å².